The minimum atomic E-state index is -2.71. The Bertz CT molecular complexity index is 874. The van der Waals surface area contributed by atoms with Gasteiger partial charge < -0.3 is 5.32 Å². The van der Waals surface area contributed by atoms with E-state index < -0.39 is 18.0 Å². The van der Waals surface area contributed by atoms with Crippen LogP contribution in [0, 0.1) is 5.82 Å². The number of anilines is 1. The van der Waals surface area contributed by atoms with Gasteiger partial charge in [0.1, 0.15) is 5.82 Å². The SMILES string of the molecule is Cn1nc(NC(=O)N[C@@H]2CCC(F)(F)C2)c(C2CCC2)c1-c1ccc(F)cc1. The van der Waals surface area contributed by atoms with Crippen molar-refractivity contribution in [1.29, 1.82) is 0 Å². The number of rotatable bonds is 4. The van der Waals surface area contributed by atoms with Crippen LogP contribution in [0.5, 0.6) is 0 Å². The number of hydrogen-bond donors (Lipinski definition) is 2. The predicted octanol–water partition coefficient (Wildman–Crippen LogP) is 4.80. The second kappa shape index (κ2) is 7.14. The highest BCUT2D eigenvalue weighted by Gasteiger charge is 2.40. The first kappa shape index (κ1) is 18.8. The third kappa shape index (κ3) is 3.72. The second-order valence-corrected chi connectivity index (χ2v) is 7.76. The molecule has 8 heteroatoms. The summed E-state index contributed by atoms with van der Waals surface area (Å²) in [6.07, 6.45) is 2.81. The number of carbonyl (C=O) groups excluding carboxylic acids is 1. The van der Waals surface area contributed by atoms with Crippen molar-refractivity contribution in [3.8, 4) is 11.3 Å². The van der Waals surface area contributed by atoms with Crippen LogP contribution in [-0.2, 0) is 7.05 Å². The van der Waals surface area contributed by atoms with Crippen molar-refractivity contribution in [1.82, 2.24) is 15.1 Å². The first-order chi connectivity index (χ1) is 13.3. The van der Waals surface area contributed by atoms with E-state index >= 15 is 0 Å². The molecule has 0 radical (unpaired) electrons. The van der Waals surface area contributed by atoms with Crippen LogP contribution >= 0.6 is 0 Å². The van der Waals surface area contributed by atoms with E-state index in [0.717, 1.165) is 36.1 Å². The van der Waals surface area contributed by atoms with Crippen LogP contribution < -0.4 is 10.6 Å². The molecule has 150 valence electrons. The van der Waals surface area contributed by atoms with E-state index in [-0.39, 0.29) is 31.0 Å². The quantitative estimate of drug-likeness (QED) is 0.785. The molecule has 2 N–H and O–H groups in total. The van der Waals surface area contributed by atoms with Crippen molar-refractivity contribution < 1.29 is 18.0 Å². The minimum Gasteiger partial charge on any atom is -0.335 e. The van der Waals surface area contributed by atoms with Crippen molar-refractivity contribution in [2.24, 2.45) is 7.05 Å². The van der Waals surface area contributed by atoms with Gasteiger partial charge in [0.15, 0.2) is 5.82 Å². The lowest BCUT2D eigenvalue weighted by atomic mass is 9.79. The van der Waals surface area contributed by atoms with Crippen molar-refractivity contribution in [2.75, 3.05) is 5.32 Å². The van der Waals surface area contributed by atoms with Gasteiger partial charge >= 0.3 is 6.03 Å². The zero-order valence-electron chi connectivity index (χ0n) is 15.6. The molecule has 2 amide bonds. The maximum atomic E-state index is 13.4. The van der Waals surface area contributed by atoms with Crippen molar-refractivity contribution >= 4 is 11.8 Å². The van der Waals surface area contributed by atoms with E-state index in [4.69, 9.17) is 0 Å². The number of urea groups is 1. The van der Waals surface area contributed by atoms with Crippen LogP contribution in [0.3, 0.4) is 0 Å². The molecule has 2 aromatic rings. The van der Waals surface area contributed by atoms with Gasteiger partial charge in [0.05, 0.1) is 5.69 Å². The average Bonchev–Trinajstić information content (AvgIpc) is 3.06. The van der Waals surface area contributed by atoms with Gasteiger partial charge in [-0.2, -0.15) is 5.10 Å². The van der Waals surface area contributed by atoms with E-state index in [9.17, 15) is 18.0 Å². The number of alkyl halides is 2. The molecule has 28 heavy (non-hydrogen) atoms. The molecular formula is C20H23F3N4O. The highest BCUT2D eigenvalue weighted by atomic mass is 19.3. The predicted molar refractivity (Wildman–Crippen MR) is 99.9 cm³/mol. The molecule has 1 heterocycles. The van der Waals surface area contributed by atoms with Crippen LogP contribution in [0.2, 0.25) is 0 Å². The smallest absolute Gasteiger partial charge is 0.320 e. The lowest BCUT2D eigenvalue weighted by molar-refractivity contribution is 0.00736. The van der Waals surface area contributed by atoms with Gasteiger partial charge in [0.25, 0.3) is 0 Å². The zero-order chi connectivity index (χ0) is 19.9. The Morgan fingerprint density at radius 3 is 2.50 bits per heavy atom. The number of carbonyl (C=O) groups is 1. The number of halogens is 3. The van der Waals surface area contributed by atoms with Crippen molar-refractivity contribution in [3.63, 3.8) is 0 Å². The average molecular weight is 392 g/mol. The summed E-state index contributed by atoms with van der Waals surface area (Å²) < 4.78 is 41.7. The van der Waals surface area contributed by atoms with Crippen LogP contribution in [0.15, 0.2) is 24.3 Å². The lowest BCUT2D eigenvalue weighted by Crippen LogP contribution is -2.37. The van der Waals surface area contributed by atoms with Gasteiger partial charge in [-0.3, -0.25) is 10.00 Å². The van der Waals surface area contributed by atoms with Gasteiger partial charge in [-0.1, -0.05) is 6.42 Å². The molecule has 2 aliphatic rings. The van der Waals surface area contributed by atoms with Crippen molar-refractivity contribution in [2.45, 2.75) is 56.4 Å². The summed E-state index contributed by atoms with van der Waals surface area (Å²) in [5, 5.41) is 9.85. The van der Waals surface area contributed by atoms with E-state index in [1.807, 2.05) is 0 Å². The fourth-order valence-corrected chi connectivity index (χ4v) is 4.07. The van der Waals surface area contributed by atoms with Crippen LogP contribution in [0.1, 0.15) is 50.0 Å². The number of hydrogen-bond acceptors (Lipinski definition) is 2. The van der Waals surface area contributed by atoms with E-state index in [0.29, 0.717) is 5.82 Å². The Kier molecular flexibility index (Phi) is 4.81. The van der Waals surface area contributed by atoms with Gasteiger partial charge in [-0.15, -0.1) is 0 Å². The van der Waals surface area contributed by atoms with Crippen LogP contribution in [-0.4, -0.2) is 27.8 Å². The number of benzene rings is 1. The van der Waals surface area contributed by atoms with Crippen molar-refractivity contribution in [3.05, 3.63) is 35.6 Å². The Hall–Kier alpha value is -2.51. The molecule has 4 rings (SSSR count). The number of nitrogens with zero attached hydrogens (tertiary/aromatic N) is 2. The van der Waals surface area contributed by atoms with E-state index in [1.165, 1.54) is 12.1 Å². The van der Waals surface area contributed by atoms with Gasteiger partial charge in [-0.05, 0) is 49.4 Å². The number of amides is 2. The third-order valence-electron chi connectivity index (χ3n) is 5.69. The maximum Gasteiger partial charge on any atom is 0.320 e. The summed E-state index contributed by atoms with van der Waals surface area (Å²) >= 11 is 0. The van der Waals surface area contributed by atoms with E-state index in [1.54, 1.807) is 23.9 Å². The summed E-state index contributed by atoms with van der Waals surface area (Å²) in [7, 11) is 1.78. The molecule has 0 bridgehead atoms. The second-order valence-electron chi connectivity index (χ2n) is 7.76. The Morgan fingerprint density at radius 2 is 1.93 bits per heavy atom. The first-order valence-electron chi connectivity index (χ1n) is 9.60. The molecule has 0 aliphatic heterocycles. The summed E-state index contributed by atoms with van der Waals surface area (Å²) in [6.45, 7) is 0. The Balaban J connectivity index is 1.57. The van der Waals surface area contributed by atoms with Gasteiger partial charge in [0.2, 0.25) is 5.92 Å². The topological polar surface area (TPSA) is 59.0 Å². The molecule has 1 aromatic heterocycles. The first-order valence-corrected chi connectivity index (χ1v) is 9.60. The molecule has 1 atom stereocenters. The lowest BCUT2D eigenvalue weighted by Gasteiger charge is -2.27. The molecule has 2 fully saturated rings. The molecule has 0 spiro atoms. The van der Waals surface area contributed by atoms with Gasteiger partial charge in [-0.25, -0.2) is 18.0 Å². The largest absolute Gasteiger partial charge is 0.335 e. The van der Waals surface area contributed by atoms with E-state index in [2.05, 4.69) is 15.7 Å². The molecule has 2 aliphatic carbocycles. The van der Waals surface area contributed by atoms with Gasteiger partial charge in [0, 0.05) is 37.1 Å². The number of aromatic nitrogens is 2. The Labute approximate surface area is 161 Å². The molecule has 0 saturated heterocycles. The standard InChI is InChI=1S/C20H23F3N4O/c1-27-17(13-5-7-14(21)8-6-13)16(12-3-2-4-12)18(26-27)25-19(28)24-15-9-10-20(22,23)11-15/h5-8,12,15H,2-4,9-11H2,1H3,(H2,24,25,26,28)/t15-/m1/s1. The third-order valence-corrected chi connectivity index (χ3v) is 5.69. The number of nitrogens with one attached hydrogen (secondary N) is 2. The fourth-order valence-electron chi connectivity index (χ4n) is 4.07. The molecule has 1 aromatic carbocycles. The zero-order valence-corrected chi connectivity index (χ0v) is 15.6. The summed E-state index contributed by atoms with van der Waals surface area (Å²) in [5.74, 6) is -2.33. The monoisotopic (exact) mass is 392 g/mol. The molecular weight excluding hydrogens is 369 g/mol. The molecule has 0 unspecified atom stereocenters. The minimum absolute atomic E-state index is 0.205. The fraction of sp³-hybridized carbons (Fsp3) is 0.500. The Morgan fingerprint density at radius 1 is 1.21 bits per heavy atom. The molecule has 2 saturated carbocycles. The summed E-state index contributed by atoms with van der Waals surface area (Å²) in [4.78, 5) is 12.4. The maximum absolute atomic E-state index is 13.4. The summed E-state index contributed by atoms with van der Waals surface area (Å²) in [5.41, 5.74) is 2.59. The van der Waals surface area contributed by atoms with Crippen LogP contribution in [0.4, 0.5) is 23.8 Å². The normalized spacial score (nSPS) is 21.4. The highest BCUT2D eigenvalue weighted by molar-refractivity contribution is 5.90. The van der Waals surface area contributed by atoms with Crippen LogP contribution in [0.25, 0.3) is 11.3 Å². The summed E-state index contributed by atoms with van der Waals surface area (Å²) in [6, 6.07) is 5.12. The number of aryl methyl sites for hydroxylation is 1. The molecule has 5 nitrogen and oxygen atoms in total. The highest BCUT2D eigenvalue weighted by Crippen LogP contribution is 2.44.